The Labute approximate surface area is 196 Å². The molecule has 2 aromatic heterocycles. The number of hydrogen-bond acceptors (Lipinski definition) is 7. The lowest BCUT2D eigenvalue weighted by Gasteiger charge is -2.18. The second-order valence-electron chi connectivity index (χ2n) is 7.99. The second kappa shape index (κ2) is 10.2. The smallest absolute Gasteiger partial charge is 0.251 e. The Hall–Kier alpha value is -2.78. The molecule has 1 unspecified atom stereocenters. The van der Waals surface area contributed by atoms with Crippen molar-refractivity contribution in [2.24, 2.45) is 5.92 Å². The Morgan fingerprint density at radius 2 is 1.88 bits per heavy atom. The number of methoxy groups -OCH3 is 1. The van der Waals surface area contributed by atoms with Crippen molar-refractivity contribution >= 4 is 39.6 Å². The van der Waals surface area contributed by atoms with E-state index in [1.165, 1.54) is 18.4 Å². The number of carbonyl (C=O) groups excluding carboxylic acids is 2. The maximum Gasteiger partial charge on any atom is 0.251 e. The number of aromatic nitrogens is 2. The number of nitrogens with one attached hydrogen (secondary N) is 2. The molecular weight excluding hydrogens is 444 g/mol. The summed E-state index contributed by atoms with van der Waals surface area (Å²) in [6, 6.07) is 5.20. The minimum atomic E-state index is -0.210. The highest BCUT2D eigenvalue weighted by Crippen LogP contribution is 2.32. The summed E-state index contributed by atoms with van der Waals surface area (Å²) in [5.41, 5.74) is 2.90. The number of ether oxygens (including phenoxy) is 1. The van der Waals surface area contributed by atoms with Gasteiger partial charge in [0.15, 0.2) is 5.13 Å². The normalized spacial score (nSPS) is 12.0. The van der Waals surface area contributed by atoms with Crippen molar-refractivity contribution in [2.45, 2.75) is 47.1 Å². The van der Waals surface area contributed by atoms with E-state index >= 15 is 0 Å². The van der Waals surface area contributed by atoms with Crippen LogP contribution in [0.15, 0.2) is 23.6 Å². The van der Waals surface area contributed by atoms with Crippen LogP contribution < -0.4 is 15.4 Å². The lowest BCUT2D eigenvalue weighted by Crippen LogP contribution is -2.36. The van der Waals surface area contributed by atoms with E-state index in [2.05, 4.69) is 20.6 Å². The number of nitrogens with zero attached hydrogens (tertiary/aromatic N) is 2. The van der Waals surface area contributed by atoms with Gasteiger partial charge in [0.1, 0.15) is 5.75 Å². The largest absolute Gasteiger partial charge is 0.497 e. The summed E-state index contributed by atoms with van der Waals surface area (Å²) in [5.74, 6) is 0.450. The van der Waals surface area contributed by atoms with Gasteiger partial charge in [-0.2, -0.15) is 0 Å². The molecule has 2 N–H and O–H groups in total. The zero-order chi connectivity index (χ0) is 23.4. The Balaban J connectivity index is 1.71. The van der Waals surface area contributed by atoms with E-state index in [0.29, 0.717) is 27.9 Å². The van der Waals surface area contributed by atoms with Crippen molar-refractivity contribution in [1.82, 2.24) is 15.3 Å². The third-order valence-corrected chi connectivity index (χ3v) is 6.93. The average molecular weight is 473 g/mol. The maximum atomic E-state index is 12.7. The summed E-state index contributed by atoms with van der Waals surface area (Å²) in [7, 11) is 1.54. The molecule has 0 aliphatic rings. The lowest BCUT2D eigenvalue weighted by atomic mass is 10.0. The molecule has 3 rings (SSSR count). The molecule has 0 aliphatic carbocycles. The van der Waals surface area contributed by atoms with Crippen LogP contribution >= 0.6 is 22.7 Å². The molecule has 7 nitrogen and oxygen atoms in total. The number of benzene rings is 1. The van der Waals surface area contributed by atoms with Crippen LogP contribution in [0.5, 0.6) is 5.75 Å². The van der Waals surface area contributed by atoms with Crippen LogP contribution in [0.4, 0.5) is 5.13 Å². The molecule has 3 aromatic rings. The number of anilines is 1. The van der Waals surface area contributed by atoms with E-state index in [0.717, 1.165) is 21.3 Å². The minimum Gasteiger partial charge on any atom is -0.497 e. The number of hydrogen-bond donors (Lipinski definition) is 2. The van der Waals surface area contributed by atoms with Crippen LogP contribution in [0.25, 0.3) is 10.6 Å². The number of rotatable bonds is 8. The van der Waals surface area contributed by atoms with Crippen LogP contribution in [-0.2, 0) is 11.2 Å². The molecule has 0 spiro atoms. The molecule has 1 aromatic carbocycles. The average Bonchev–Trinajstić information content (AvgIpc) is 3.32. The van der Waals surface area contributed by atoms with Gasteiger partial charge in [-0.1, -0.05) is 13.8 Å². The Kier molecular flexibility index (Phi) is 7.63. The standard InChI is InChI=1S/C23H28N4O3S2/c1-12(2)13(3)25-22(29)17-7-16(8-18(10-17)30-6)9-20(28)27-23-26-19(11-31-23)21-14(4)24-15(5)32-21/h7-8,10-13H,9H2,1-6H3,(H,25,29)(H,26,27,28). The van der Waals surface area contributed by atoms with Gasteiger partial charge in [0, 0.05) is 17.0 Å². The lowest BCUT2D eigenvalue weighted by molar-refractivity contribution is -0.115. The van der Waals surface area contributed by atoms with E-state index in [1.54, 1.807) is 29.5 Å². The van der Waals surface area contributed by atoms with Gasteiger partial charge in [-0.15, -0.1) is 22.7 Å². The minimum absolute atomic E-state index is 0.0329. The molecule has 0 aliphatic heterocycles. The molecule has 2 heterocycles. The SMILES string of the molecule is COc1cc(CC(=O)Nc2nc(-c3sc(C)nc3C)cs2)cc(C(=O)NC(C)C(C)C)c1. The van der Waals surface area contributed by atoms with Crippen LogP contribution in [-0.4, -0.2) is 34.9 Å². The van der Waals surface area contributed by atoms with Crippen molar-refractivity contribution in [2.75, 3.05) is 12.4 Å². The first kappa shape index (κ1) is 23.9. The zero-order valence-corrected chi connectivity index (χ0v) is 20.7. The van der Waals surface area contributed by atoms with Crippen LogP contribution in [0.1, 0.15) is 47.4 Å². The van der Waals surface area contributed by atoms with Gasteiger partial charge in [-0.3, -0.25) is 9.59 Å². The Morgan fingerprint density at radius 1 is 1.12 bits per heavy atom. The Morgan fingerprint density at radius 3 is 2.50 bits per heavy atom. The van der Waals surface area contributed by atoms with Gasteiger partial charge in [0.2, 0.25) is 5.91 Å². The van der Waals surface area contributed by atoms with Gasteiger partial charge in [0.25, 0.3) is 5.91 Å². The predicted octanol–water partition coefficient (Wildman–Crippen LogP) is 4.85. The third-order valence-electron chi connectivity index (χ3n) is 5.07. The van der Waals surface area contributed by atoms with Gasteiger partial charge in [-0.05, 0) is 50.5 Å². The topological polar surface area (TPSA) is 93.2 Å². The van der Waals surface area contributed by atoms with E-state index in [9.17, 15) is 9.59 Å². The number of aryl methyl sites for hydroxylation is 2. The van der Waals surface area contributed by atoms with Gasteiger partial charge in [-0.25, -0.2) is 9.97 Å². The van der Waals surface area contributed by atoms with E-state index in [4.69, 9.17) is 4.74 Å². The highest BCUT2D eigenvalue weighted by Gasteiger charge is 2.17. The maximum absolute atomic E-state index is 12.7. The Bertz CT molecular complexity index is 1120. The zero-order valence-electron chi connectivity index (χ0n) is 19.1. The fourth-order valence-electron chi connectivity index (χ4n) is 3.02. The van der Waals surface area contributed by atoms with Crippen LogP contribution in [0.3, 0.4) is 0 Å². The van der Waals surface area contributed by atoms with Crippen molar-refractivity contribution in [3.63, 3.8) is 0 Å². The summed E-state index contributed by atoms with van der Waals surface area (Å²) < 4.78 is 5.34. The fraction of sp³-hybridized carbons (Fsp3) is 0.391. The molecule has 0 radical (unpaired) electrons. The molecule has 9 heteroatoms. The number of carbonyl (C=O) groups is 2. The van der Waals surface area contributed by atoms with Gasteiger partial charge < -0.3 is 15.4 Å². The highest BCUT2D eigenvalue weighted by atomic mass is 32.1. The summed E-state index contributed by atoms with van der Waals surface area (Å²) in [6.07, 6.45) is 0.102. The molecule has 0 bridgehead atoms. The van der Waals surface area contributed by atoms with E-state index in [1.807, 2.05) is 40.0 Å². The summed E-state index contributed by atoms with van der Waals surface area (Å²) in [5, 5.41) is 9.26. The molecule has 170 valence electrons. The summed E-state index contributed by atoms with van der Waals surface area (Å²) in [6.45, 7) is 9.98. The molecule has 0 saturated heterocycles. The van der Waals surface area contributed by atoms with E-state index in [-0.39, 0.29) is 24.3 Å². The first-order valence-corrected chi connectivity index (χ1v) is 12.0. The summed E-state index contributed by atoms with van der Waals surface area (Å²) >= 11 is 2.96. The number of thiazole rings is 2. The van der Waals surface area contributed by atoms with Crippen LogP contribution in [0, 0.1) is 19.8 Å². The van der Waals surface area contributed by atoms with Crippen molar-refractivity contribution in [3.05, 3.63) is 45.4 Å². The van der Waals surface area contributed by atoms with Crippen molar-refractivity contribution in [3.8, 4) is 16.3 Å². The van der Waals surface area contributed by atoms with Crippen LogP contribution in [0.2, 0.25) is 0 Å². The van der Waals surface area contributed by atoms with E-state index < -0.39 is 0 Å². The summed E-state index contributed by atoms with van der Waals surface area (Å²) in [4.78, 5) is 35.3. The molecule has 0 saturated carbocycles. The molecule has 32 heavy (non-hydrogen) atoms. The highest BCUT2D eigenvalue weighted by molar-refractivity contribution is 7.16. The molecule has 0 fully saturated rings. The van der Waals surface area contributed by atoms with Crippen molar-refractivity contribution in [1.29, 1.82) is 0 Å². The number of amides is 2. The predicted molar refractivity (Wildman–Crippen MR) is 130 cm³/mol. The van der Waals surface area contributed by atoms with Gasteiger partial charge >= 0.3 is 0 Å². The molecular formula is C23H28N4O3S2. The fourth-order valence-corrected chi connectivity index (χ4v) is 4.69. The molecule has 2 amide bonds. The first-order chi connectivity index (χ1) is 15.2. The van der Waals surface area contributed by atoms with Crippen molar-refractivity contribution < 1.29 is 14.3 Å². The monoisotopic (exact) mass is 472 g/mol. The quantitative estimate of drug-likeness (QED) is 0.489. The third kappa shape index (κ3) is 5.92. The van der Waals surface area contributed by atoms with Gasteiger partial charge in [0.05, 0.1) is 34.8 Å². The molecule has 1 atom stereocenters. The first-order valence-electron chi connectivity index (χ1n) is 10.3. The second-order valence-corrected chi connectivity index (χ2v) is 10.0.